The highest BCUT2D eigenvalue weighted by Crippen LogP contribution is 2.23. The molecule has 0 spiro atoms. The van der Waals surface area contributed by atoms with Crippen LogP contribution in [0.25, 0.3) is 0 Å². The lowest BCUT2D eigenvalue weighted by Gasteiger charge is -2.17. The van der Waals surface area contributed by atoms with Crippen LogP contribution in [-0.2, 0) is 9.53 Å². The Kier molecular flexibility index (Phi) is 3.60. The first kappa shape index (κ1) is 12.5. The van der Waals surface area contributed by atoms with Crippen LogP contribution in [0.2, 0.25) is 0 Å². The summed E-state index contributed by atoms with van der Waals surface area (Å²) in [6.07, 6.45) is 0.444. The second-order valence-electron chi connectivity index (χ2n) is 4.10. The molecule has 1 aliphatic rings. The Bertz CT molecular complexity index is 487. The fourth-order valence-corrected chi connectivity index (χ4v) is 1.94. The Balaban J connectivity index is 2.20. The molecule has 2 rings (SSSR count). The van der Waals surface area contributed by atoms with Crippen LogP contribution >= 0.6 is 0 Å². The van der Waals surface area contributed by atoms with Crippen LogP contribution in [0.1, 0.15) is 23.7 Å². The third kappa shape index (κ3) is 2.50. The molecule has 0 N–H and O–H groups in total. The highest BCUT2D eigenvalue weighted by Gasteiger charge is 2.22. The number of halogens is 1. The summed E-state index contributed by atoms with van der Waals surface area (Å²) >= 11 is 0. The second kappa shape index (κ2) is 5.16. The number of ether oxygens (including phenoxy) is 1. The second-order valence-corrected chi connectivity index (χ2v) is 4.10. The molecule has 0 bridgehead atoms. The topological polar surface area (TPSA) is 46.6 Å². The quantitative estimate of drug-likeness (QED) is 0.768. The smallest absolute Gasteiger partial charge is 0.338 e. The molecule has 0 unspecified atom stereocenters. The van der Waals surface area contributed by atoms with Crippen molar-refractivity contribution in [1.29, 1.82) is 0 Å². The Morgan fingerprint density at radius 3 is 2.83 bits per heavy atom. The van der Waals surface area contributed by atoms with Gasteiger partial charge in [0.05, 0.1) is 24.4 Å². The average Bonchev–Trinajstić information content (AvgIpc) is 2.76. The van der Waals surface area contributed by atoms with Crippen molar-refractivity contribution in [2.24, 2.45) is 0 Å². The highest BCUT2D eigenvalue weighted by atomic mass is 19.1. The first-order chi connectivity index (χ1) is 8.61. The number of nitrogens with zero attached hydrogens (tertiary/aromatic N) is 1. The molecule has 1 aromatic rings. The predicted molar refractivity (Wildman–Crippen MR) is 64.2 cm³/mol. The van der Waals surface area contributed by atoms with Crippen molar-refractivity contribution in [2.45, 2.75) is 13.3 Å². The number of carbonyl (C=O) groups is 2. The lowest BCUT2D eigenvalue weighted by molar-refractivity contribution is -0.116. The van der Waals surface area contributed by atoms with E-state index >= 15 is 0 Å². The maximum absolute atomic E-state index is 13.9. The molecule has 1 aromatic carbocycles. The van der Waals surface area contributed by atoms with Crippen LogP contribution in [-0.4, -0.2) is 31.4 Å². The maximum atomic E-state index is 13.9. The zero-order valence-corrected chi connectivity index (χ0v) is 10.1. The van der Waals surface area contributed by atoms with Crippen LogP contribution in [0.5, 0.6) is 0 Å². The van der Waals surface area contributed by atoms with Gasteiger partial charge in [-0.2, -0.15) is 0 Å². The Labute approximate surface area is 104 Å². The van der Waals surface area contributed by atoms with E-state index in [0.717, 1.165) is 6.07 Å². The van der Waals surface area contributed by atoms with E-state index in [-0.39, 0.29) is 24.5 Å². The normalized spacial score (nSPS) is 15.0. The van der Waals surface area contributed by atoms with E-state index in [9.17, 15) is 14.0 Å². The number of carbonyl (C=O) groups excluding carboxylic acids is 2. The van der Waals surface area contributed by atoms with E-state index < -0.39 is 11.8 Å². The molecular weight excluding hydrogens is 237 g/mol. The van der Waals surface area contributed by atoms with Gasteiger partial charge in [0.25, 0.3) is 0 Å². The molecule has 0 saturated carbocycles. The van der Waals surface area contributed by atoms with Crippen molar-refractivity contribution in [3.63, 3.8) is 0 Å². The minimum absolute atomic E-state index is 0.101. The lowest BCUT2D eigenvalue weighted by Crippen LogP contribution is -2.21. The summed E-state index contributed by atoms with van der Waals surface area (Å²) in [6, 6.07) is 4.18. The summed E-state index contributed by atoms with van der Waals surface area (Å²) in [5.41, 5.74) is 0.539. The summed E-state index contributed by atoms with van der Waals surface area (Å²) in [6.45, 7) is 2.70. The molecular formula is C13H14FNO3. The largest absolute Gasteiger partial charge is 0.462 e. The molecule has 0 aliphatic carbocycles. The summed E-state index contributed by atoms with van der Waals surface area (Å²) in [5, 5.41) is 0. The monoisotopic (exact) mass is 251 g/mol. The van der Waals surface area contributed by atoms with Gasteiger partial charge in [-0.15, -0.1) is 0 Å². The van der Waals surface area contributed by atoms with E-state index in [1.54, 1.807) is 11.8 Å². The van der Waals surface area contributed by atoms with Gasteiger partial charge in [-0.3, -0.25) is 4.79 Å². The number of hydrogen-bond donors (Lipinski definition) is 0. The van der Waals surface area contributed by atoms with Crippen molar-refractivity contribution < 1.29 is 18.7 Å². The number of Topliss-reactive ketones (excluding diaryl/α,β-unsaturated/α-hetero) is 1. The number of rotatable bonds is 3. The zero-order chi connectivity index (χ0) is 13.1. The Morgan fingerprint density at radius 1 is 1.50 bits per heavy atom. The van der Waals surface area contributed by atoms with Gasteiger partial charge in [0.2, 0.25) is 0 Å². The van der Waals surface area contributed by atoms with Crippen LogP contribution in [0.3, 0.4) is 0 Å². The summed E-state index contributed by atoms with van der Waals surface area (Å²) in [5.74, 6) is -0.945. The predicted octanol–water partition coefficient (Wildman–Crippen LogP) is 1.78. The number of esters is 1. The number of hydrogen-bond acceptors (Lipinski definition) is 4. The third-order valence-corrected chi connectivity index (χ3v) is 2.83. The van der Waals surface area contributed by atoms with E-state index in [1.165, 1.54) is 12.1 Å². The lowest BCUT2D eigenvalue weighted by atomic mass is 10.2. The van der Waals surface area contributed by atoms with Crippen molar-refractivity contribution in [3.8, 4) is 0 Å². The Morgan fingerprint density at radius 2 is 2.28 bits per heavy atom. The van der Waals surface area contributed by atoms with Gasteiger partial charge in [0.1, 0.15) is 5.82 Å². The summed E-state index contributed by atoms with van der Waals surface area (Å²) in [7, 11) is 0. The standard InChI is InChI=1S/C13H14FNO3/c1-2-18-13(17)9-3-4-12(11(14)7-9)15-6-5-10(16)8-15/h3-4,7H,2,5-6,8H2,1H3. The van der Waals surface area contributed by atoms with E-state index in [0.29, 0.717) is 18.7 Å². The van der Waals surface area contributed by atoms with Gasteiger partial charge in [-0.25, -0.2) is 9.18 Å². The molecule has 96 valence electrons. The molecule has 1 aliphatic heterocycles. The fraction of sp³-hybridized carbons (Fsp3) is 0.385. The minimum atomic E-state index is -0.541. The van der Waals surface area contributed by atoms with Gasteiger partial charge in [0.15, 0.2) is 5.78 Å². The molecule has 1 saturated heterocycles. The van der Waals surface area contributed by atoms with Gasteiger partial charge in [-0.05, 0) is 25.1 Å². The van der Waals surface area contributed by atoms with Gasteiger partial charge < -0.3 is 9.64 Å². The fourth-order valence-electron chi connectivity index (χ4n) is 1.94. The average molecular weight is 251 g/mol. The molecule has 0 atom stereocenters. The van der Waals surface area contributed by atoms with E-state index in [1.807, 2.05) is 0 Å². The van der Waals surface area contributed by atoms with Crippen LogP contribution in [0.15, 0.2) is 18.2 Å². The van der Waals surface area contributed by atoms with Crippen molar-refractivity contribution in [2.75, 3.05) is 24.6 Å². The third-order valence-electron chi connectivity index (χ3n) is 2.83. The van der Waals surface area contributed by atoms with Crippen LogP contribution in [0.4, 0.5) is 10.1 Å². The summed E-state index contributed by atoms with van der Waals surface area (Å²) in [4.78, 5) is 24.3. The molecule has 1 fully saturated rings. The zero-order valence-electron chi connectivity index (χ0n) is 10.1. The van der Waals surface area contributed by atoms with Crippen molar-refractivity contribution >= 4 is 17.4 Å². The molecule has 4 nitrogen and oxygen atoms in total. The van der Waals surface area contributed by atoms with Crippen molar-refractivity contribution in [3.05, 3.63) is 29.6 Å². The number of benzene rings is 1. The molecule has 18 heavy (non-hydrogen) atoms. The minimum Gasteiger partial charge on any atom is -0.462 e. The van der Waals surface area contributed by atoms with Crippen LogP contribution in [0, 0.1) is 5.82 Å². The van der Waals surface area contributed by atoms with E-state index in [4.69, 9.17) is 4.74 Å². The van der Waals surface area contributed by atoms with Gasteiger partial charge in [-0.1, -0.05) is 0 Å². The Hall–Kier alpha value is -1.91. The molecule has 0 radical (unpaired) electrons. The van der Waals surface area contributed by atoms with E-state index in [2.05, 4.69) is 0 Å². The van der Waals surface area contributed by atoms with Crippen LogP contribution < -0.4 is 4.90 Å². The first-order valence-corrected chi connectivity index (χ1v) is 5.85. The van der Waals surface area contributed by atoms with Gasteiger partial charge in [0, 0.05) is 13.0 Å². The SMILES string of the molecule is CCOC(=O)c1ccc(N2CCC(=O)C2)c(F)c1. The molecule has 1 heterocycles. The van der Waals surface area contributed by atoms with Gasteiger partial charge >= 0.3 is 5.97 Å². The molecule has 5 heteroatoms. The van der Waals surface area contributed by atoms with Crippen molar-refractivity contribution in [1.82, 2.24) is 0 Å². The number of anilines is 1. The number of ketones is 1. The molecule has 0 amide bonds. The maximum Gasteiger partial charge on any atom is 0.338 e. The molecule has 0 aromatic heterocycles. The summed E-state index contributed by atoms with van der Waals surface area (Å²) < 4.78 is 18.7. The highest BCUT2D eigenvalue weighted by molar-refractivity contribution is 5.90. The first-order valence-electron chi connectivity index (χ1n) is 5.85.